The average Bonchev–Trinajstić information content (AvgIpc) is 2.79. The van der Waals surface area contributed by atoms with E-state index in [9.17, 15) is 4.79 Å². The van der Waals surface area contributed by atoms with Gasteiger partial charge < -0.3 is 24.8 Å². The highest BCUT2D eigenvalue weighted by molar-refractivity contribution is 6.33. The number of alkyl carbamates (subject to hydrolysis) is 1. The third kappa shape index (κ3) is 5.73. The monoisotopic (exact) mass is 432 g/mol. The summed E-state index contributed by atoms with van der Waals surface area (Å²) in [6.45, 7) is 4.90. The third-order valence-electron chi connectivity index (χ3n) is 5.12. The van der Waals surface area contributed by atoms with E-state index in [2.05, 4.69) is 46.6 Å². The summed E-state index contributed by atoms with van der Waals surface area (Å²) in [4.78, 5) is 11.3. The van der Waals surface area contributed by atoms with E-state index in [0.717, 1.165) is 29.7 Å². The molecule has 2 aromatic rings. The van der Waals surface area contributed by atoms with Gasteiger partial charge in [-0.25, -0.2) is 4.79 Å². The predicted octanol–water partition coefficient (Wildman–Crippen LogP) is 3.97. The Kier molecular flexibility index (Phi) is 8.51. The summed E-state index contributed by atoms with van der Waals surface area (Å²) in [6.07, 6.45) is -0.0344. The Morgan fingerprint density at radius 3 is 2.90 bits per heavy atom. The fourth-order valence-electron chi connectivity index (χ4n) is 3.62. The molecule has 0 bridgehead atoms. The van der Waals surface area contributed by atoms with E-state index >= 15 is 0 Å². The molecule has 1 fully saturated rings. The van der Waals surface area contributed by atoms with Crippen LogP contribution in [-0.4, -0.2) is 52.2 Å². The Morgan fingerprint density at radius 2 is 2.17 bits per heavy atom. The molecule has 2 aromatic carbocycles. The molecule has 2 N–H and O–H groups in total. The van der Waals surface area contributed by atoms with Crippen LogP contribution in [0.5, 0.6) is 0 Å². The Morgan fingerprint density at radius 1 is 1.33 bits per heavy atom. The second-order valence-electron chi connectivity index (χ2n) is 7.08. The highest BCUT2D eigenvalue weighted by Gasteiger charge is 2.29. The van der Waals surface area contributed by atoms with Gasteiger partial charge in [-0.2, -0.15) is 0 Å². The lowest BCUT2D eigenvalue weighted by atomic mass is 9.92. The van der Waals surface area contributed by atoms with E-state index in [1.807, 2.05) is 18.2 Å². The number of nitrogens with one attached hydrogen (secondary N) is 2. The number of benzene rings is 2. The largest absolute Gasteiger partial charge is 0.453 e. The zero-order chi connectivity index (χ0) is 21.3. The number of methoxy groups -OCH3 is 1. The Bertz CT molecular complexity index is 840. The fourth-order valence-corrected chi connectivity index (χ4v) is 3.91. The van der Waals surface area contributed by atoms with Crippen molar-refractivity contribution in [1.29, 1.82) is 0 Å². The zero-order valence-electron chi connectivity index (χ0n) is 17.4. The zero-order valence-corrected chi connectivity index (χ0v) is 18.2. The Labute approximate surface area is 182 Å². The lowest BCUT2D eigenvalue weighted by Crippen LogP contribution is -2.43. The van der Waals surface area contributed by atoms with Crippen LogP contribution in [0.2, 0.25) is 5.02 Å². The second kappa shape index (κ2) is 11.3. The molecule has 7 heteroatoms. The van der Waals surface area contributed by atoms with Gasteiger partial charge in [-0.1, -0.05) is 54.9 Å². The van der Waals surface area contributed by atoms with Crippen molar-refractivity contribution in [1.82, 2.24) is 10.6 Å². The number of hydrogen-bond donors (Lipinski definition) is 2. The SMILES string of the molecule is CCc1cccc(-c2c(Cl)cccc2[C@H](OCCNC(=O)OC)C2CNCCO2)c1. The first-order chi connectivity index (χ1) is 14.6. The van der Waals surface area contributed by atoms with Crippen LogP contribution in [0.4, 0.5) is 4.79 Å². The first kappa shape index (κ1) is 22.6. The molecule has 0 saturated carbocycles. The normalized spacial score (nSPS) is 17.4. The van der Waals surface area contributed by atoms with Crippen molar-refractivity contribution in [2.75, 3.05) is 40.0 Å². The summed E-state index contributed by atoms with van der Waals surface area (Å²) in [5.74, 6) is 0. The van der Waals surface area contributed by atoms with E-state index in [-0.39, 0.29) is 12.2 Å². The van der Waals surface area contributed by atoms with E-state index < -0.39 is 6.09 Å². The van der Waals surface area contributed by atoms with Crippen molar-refractivity contribution in [3.05, 3.63) is 58.6 Å². The molecule has 1 saturated heterocycles. The molecule has 162 valence electrons. The molecule has 2 atom stereocenters. The van der Waals surface area contributed by atoms with Gasteiger partial charge in [0.15, 0.2) is 0 Å². The number of amides is 1. The van der Waals surface area contributed by atoms with E-state index in [1.165, 1.54) is 12.7 Å². The molecule has 1 heterocycles. The number of aryl methyl sites for hydroxylation is 1. The van der Waals surface area contributed by atoms with Crippen molar-refractivity contribution in [3.63, 3.8) is 0 Å². The topological polar surface area (TPSA) is 68.8 Å². The molecular weight excluding hydrogens is 404 g/mol. The Balaban J connectivity index is 1.91. The van der Waals surface area contributed by atoms with Gasteiger partial charge in [0.05, 0.1) is 20.3 Å². The number of morpholine rings is 1. The van der Waals surface area contributed by atoms with Gasteiger partial charge in [-0.15, -0.1) is 0 Å². The first-order valence-electron chi connectivity index (χ1n) is 10.3. The number of carbonyl (C=O) groups is 1. The summed E-state index contributed by atoms with van der Waals surface area (Å²) in [6, 6.07) is 14.3. The van der Waals surface area contributed by atoms with Gasteiger partial charge in [-0.3, -0.25) is 0 Å². The fraction of sp³-hybridized carbons (Fsp3) is 0.435. The average molecular weight is 433 g/mol. The molecule has 3 rings (SSSR count). The van der Waals surface area contributed by atoms with Crippen LogP contribution in [0.25, 0.3) is 11.1 Å². The number of carbonyl (C=O) groups excluding carboxylic acids is 1. The van der Waals surface area contributed by atoms with Crippen molar-refractivity contribution in [2.45, 2.75) is 25.6 Å². The second-order valence-corrected chi connectivity index (χ2v) is 7.49. The molecule has 0 aliphatic carbocycles. The minimum atomic E-state index is -0.481. The highest BCUT2D eigenvalue weighted by Crippen LogP contribution is 2.38. The lowest BCUT2D eigenvalue weighted by molar-refractivity contribution is -0.0850. The van der Waals surface area contributed by atoms with Crippen LogP contribution >= 0.6 is 11.6 Å². The van der Waals surface area contributed by atoms with Crippen LogP contribution in [0.3, 0.4) is 0 Å². The van der Waals surface area contributed by atoms with Gasteiger partial charge in [0, 0.05) is 30.2 Å². The van der Waals surface area contributed by atoms with Crippen molar-refractivity contribution < 1.29 is 19.0 Å². The molecule has 0 radical (unpaired) electrons. The standard InChI is InChI=1S/C23H29ClN2O4/c1-3-16-6-4-7-17(14-16)21-18(8-5-9-19(21)24)22(20-15-25-10-12-29-20)30-13-11-26-23(27)28-2/h4-9,14,20,22,25H,3,10-13,15H2,1-2H3,(H,26,27)/t20?,22-/m0/s1. The molecule has 1 unspecified atom stereocenters. The van der Waals surface area contributed by atoms with Crippen molar-refractivity contribution in [3.8, 4) is 11.1 Å². The lowest BCUT2D eigenvalue weighted by Gasteiger charge is -2.32. The van der Waals surface area contributed by atoms with E-state index in [0.29, 0.717) is 31.3 Å². The van der Waals surface area contributed by atoms with Gasteiger partial charge in [-0.05, 0) is 29.2 Å². The molecule has 1 aliphatic rings. The number of hydrogen-bond acceptors (Lipinski definition) is 5. The molecule has 0 aromatic heterocycles. The van der Waals surface area contributed by atoms with Gasteiger partial charge >= 0.3 is 6.09 Å². The maximum absolute atomic E-state index is 11.3. The summed E-state index contributed by atoms with van der Waals surface area (Å²) in [7, 11) is 1.34. The maximum Gasteiger partial charge on any atom is 0.406 e. The van der Waals surface area contributed by atoms with Crippen LogP contribution < -0.4 is 10.6 Å². The van der Waals surface area contributed by atoms with Crippen molar-refractivity contribution in [2.24, 2.45) is 0 Å². The summed E-state index contributed by atoms with van der Waals surface area (Å²) in [5, 5.41) is 6.69. The van der Waals surface area contributed by atoms with Crippen LogP contribution in [0.1, 0.15) is 24.2 Å². The molecule has 30 heavy (non-hydrogen) atoms. The smallest absolute Gasteiger partial charge is 0.406 e. The summed E-state index contributed by atoms with van der Waals surface area (Å²) >= 11 is 6.68. The predicted molar refractivity (Wildman–Crippen MR) is 118 cm³/mol. The number of ether oxygens (including phenoxy) is 3. The van der Waals surface area contributed by atoms with Gasteiger partial charge in [0.2, 0.25) is 0 Å². The quantitative estimate of drug-likeness (QED) is 0.618. The Hall–Kier alpha value is -2.12. The summed E-state index contributed by atoms with van der Waals surface area (Å²) < 4.78 is 16.9. The minimum Gasteiger partial charge on any atom is -0.453 e. The molecule has 0 spiro atoms. The minimum absolute atomic E-state index is 0.163. The van der Waals surface area contributed by atoms with Crippen molar-refractivity contribution >= 4 is 17.7 Å². The maximum atomic E-state index is 11.3. The van der Waals surface area contributed by atoms with E-state index in [4.69, 9.17) is 21.1 Å². The van der Waals surface area contributed by atoms with Gasteiger partial charge in [0.1, 0.15) is 12.2 Å². The molecule has 6 nitrogen and oxygen atoms in total. The first-order valence-corrected chi connectivity index (χ1v) is 10.6. The van der Waals surface area contributed by atoms with Crippen LogP contribution in [0, 0.1) is 0 Å². The van der Waals surface area contributed by atoms with Crippen LogP contribution in [-0.2, 0) is 20.6 Å². The van der Waals surface area contributed by atoms with Gasteiger partial charge in [0.25, 0.3) is 0 Å². The highest BCUT2D eigenvalue weighted by atomic mass is 35.5. The van der Waals surface area contributed by atoms with E-state index in [1.54, 1.807) is 0 Å². The number of rotatable bonds is 8. The molecular formula is C23H29ClN2O4. The molecule has 1 aliphatic heterocycles. The number of halogens is 1. The third-order valence-corrected chi connectivity index (χ3v) is 5.44. The van der Waals surface area contributed by atoms with Crippen LogP contribution in [0.15, 0.2) is 42.5 Å². The molecule has 1 amide bonds. The summed E-state index contributed by atoms with van der Waals surface area (Å²) in [5.41, 5.74) is 4.23.